The zero-order chi connectivity index (χ0) is 10.1. The summed E-state index contributed by atoms with van der Waals surface area (Å²) in [5.41, 5.74) is 7.10. The Morgan fingerprint density at radius 1 is 1.50 bits per heavy atom. The van der Waals surface area contributed by atoms with Crippen LogP contribution in [0.1, 0.15) is 29.6 Å². The van der Waals surface area contributed by atoms with Crippen LogP contribution < -0.4 is 5.73 Å². The minimum atomic E-state index is 0.196. The molecule has 14 heavy (non-hydrogen) atoms. The number of hydrogen-bond acceptors (Lipinski definition) is 2. The number of nitrogens with two attached hydrogens (primary N) is 1. The molecule has 1 saturated carbocycles. The minimum absolute atomic E-state index is 0.196. The van der Waals surface area contributed by atoms with Gasteiger partial charge in [0, 0.05) is 21.2 Å². The summed E-state index contributed by atoms with van der Waals surface area (Å²) in [6.07, 6.45) is 3.08. The molecule has 0 heterocycles. The Bertz CT molecular complexity index is 372. The van der Waals surface area contributed by atoms with E-state index in [1.165, 1.54) is 12.8 Å². The molecule has 0 radical (unpaired) electrons. The van der Waals surface area contributed by atoms with Gasteiger partial charge in [0.25, 0.3) is 0 Å². The lowest BCUT2D eigenvalue weighted by atomic mass is 10.0. The van der Waals surface area contributed by atoms with E-state index in [2.05, 4.69) is 22.6 Å². The van der Waals surface area contributed by atoms with Crippen molar-refractivity contribution in [3.8, 4) is 0 Å². The molecule has 3 heteroatoms. The second-order valence-electron chi connectivity index (χ2n) is 3.80. The van der Waals surface area contributed by atoms with Crippen molar-refractivity contribution in [1.82, 2.24) is 0 Å². The van der Waals surface area contributed by atoms with Gasteiger partial charge in [-0.3, -0.25) is 4.79 Å². The van der Waals surface area contributed by atoms with Gasteiger partial charge in [-0.1, -0.05) is 0 Å². The molecule has 0 aliphatic heterocycles. The van der Waals surface area contributed by atoms with E-state index in [1.54, 1.807) is 0 Å². The molecule has 2 N–H and O–H groups in total. The number of ketones is 1. The summed E-state index contributed by atoms with van der Waals surface area (Å²) in [6.45, 7) is 0. The lowest BCUT2D eigenvalue weighted by Crippen LogP contribution is -2.04. The lowest BCUT2D eigenvalue weighted by Gasteiger charge is -2.04. The molecule has 1 aromatic rings. The molecule has 1 aromatic carbocycles. The molecule has 0 atom stereocenters. The molecule has 0 amide bonds. The zero-order valence-electron chi connectivity index (χ0n) is 7.79. The van der Waals surface area contributed by atoms with Gasteiger partial charge in [0.15, 0.2) is 5.78 Å². The van der Waals surface area contributed by atoms with Crippen molar-refractivity contribution < 1.29 is 4.79 Å². The van der Waals surface area contributed by atoms with Gasteiger partial charge in [0.1, 0.15) is 0 Å². The fourth-order valence-electron chi connectivity index (χ4n) is 1.48. The van der Waals surface area contributed by atoms with E-state index < -0.39 is 0 Å². The SMILES string of the molecule is Nc1cc(I)ccc1C(=O)CC1CC1. The standard InChI is InChI=1S/C11H12INO/c12-8-3-4-9(10(13)6-8)11(14)5-7-1-2-7/h3-4,6-7H,1-2,5,13H2. The van der Waals surface area contributed by atoms with Gasteiger partial charge in [-0.25, -0.2) is 0 Å². The first-order chi connectivity index (χ1) is 6.66. The summed E-state index contributed by atoms with van der Waals surface area (Å²) in [6, 6.07) is 5.61. The van der Waals surface area contributed by atoms with Gasteiger partial charge < -0.3 is 5.73 Å². The summed E-state index contributed by atoms with van der Waals surface area (Å²) >= 11 is 2.19. The summed E-state index contributed by atoms with van der Waals surface area (Å²) in [4.78, 5) is 11.7. The second kappa shape index (κ2) is 3.88. The summed E-state index contributed by atoms with van der Waals surface area (Å²) in [7, 11) is 0. The highest BCUT2D eigenvalue weighted by molar-refractivity contribution is 14.1. The molecular formula is C11H12INO. The third-order valence-corrected chi connectivity index (χ3v) is 3.16. The average Bonchev–Trinajstić information content (AvgIpc) is 2.87. The molecule has 74 valence electrons. The van der Waals surface area contributed by atoms with Gasteiger partial charge >= 0.3 is 0 Å². The number of benzene rings is 1. The number of halogens is 1. The highest BCUT2D eigenvalue weighted by atomic mass is 127. The number of nitrogen functional groups attached to an aromatic ring is 1. The largest absolute Gasteiger partial charge is 0.398 e. The molecule has 1 fully saturated rings. The van der Waals surface area contributed by atoms with Crippen LogP contribution in [0.2, 0.25) is 0 Å². The monoisotopic (exact) mass is 301 g/mol. The fourth-order valence-corrected chi connectivity index (χ4v) is 2.00. The maximum atomic E-state index is 11.7. The molecule has 0 spiro atoms. The number of carbonyl (C=O) groups excluding carboxylic acids is 1. The van der Waals surface area contributed by atoms with E-state index >= 15 is 0 Å². The van der Waals surface area contributed by atoms with Crippen LogP contribution in [0.4, 0.5) is 5.69 Å². The molecule has 0 unspecified atom stereocenters. The predicted molar refractivity (Wildman–Crippen MR) is 65.2 cm³/mol. The van der Waals surface area contributed by atoms with Crippen molar-refractivity contribution in [1.29, 1.82) is 0 Å². The van der Waals surface area contributed by atoms with Crippen molar-refractivity contribution in [3.63, 3.8) is 0 Å². The van der Waals surface area contributed by atoms with Crippen LogP contribution in [-0.4, -0.2) is 5.78 Å². The topological polar surface area (TPSA) is 43.1 Å². The van der Waals surface area contributed by atoms with Gasteiger partial charge in [-0.15, -0.1) is 0 Å². The summed E-state index contributed by atoms with van der Waals surface area (Å²) < 4.78 is 1.07. The molecule has 0 aromatic heterocycles. The molecule has 2 nitrogen and oxygen atoms in total. The van der Waals surface area contributed by atoms with E-state index in [4.69, 9.17) is 5.73 Å². The minimum Gasteiger partial charge on any atom is -0.398 e. The van der Waals surface area contributed by atoms with Crippen LogP contribution in [0.3, 0.4) is 0 Å². The molecular weight excluding hydrogens is 289 g/mol. The first-order valence-corrected chi connectivity index (χ1v) is 5.83. The average molecular weight is 301 g/mol. The van der Waals surface area contributed by atoms with Gasteiger partial charge in [0.05, 0.1) is 0 Å². The van der Waals surface area contributed by atoms with Crippen LogP contribution in [0.5, 0.6) is 0 Å². The first kappa shape index (κ1) is 9.96. The predicted octanol–water partition coefficient (Wildman–Crippen LogP) is 2.86. The van der Waals surface area contributed by atoms with Gasteiger partial charge in [0.2, 0.25) is 0 Å². The van der Waals surface area contributed by atoms with E-state index in [1.807, 2.05) is 18.2 Å². The number of hydrogen-bond donors (Lipinski definition) is 1. The van der Waals surface area contributed by atoms with Crippen molar-refractivity contribution >= 4 is 34.1 Å². The first-order valence-electron chi connectivity index (χ1n) is 4.75. The summed E-state index contributed by atoms with van der Waals surface area (Å²) in [5, 5.41) is 0. The molecule has 0 saturated heterocycles. The van der Waals surface area contributed by atoms with Gasteiger partial charge in [-0.05, 0) is 59.5 Å². The smallest absolute Gasteiger partial charge is 0.165 e. The number of rotatable bonds is 3. The Labute approximate surface area is 97.0 Å². The van der Waals surface area contributed by atoms with E-state index in [-0.39, 0.29) is 5.78 Å². The lowest BCUT2D eigenvalue weighted by molar-refractivity contribution is 0.0977. The van der Waals surface area contributed by atoms with Crippen molar-refractivity contribution in [2.45, 2.75) is 19.3 Å². The molecule has 1 aliphatic rings. The van der Waals surface area contributed by atoms with Crippen LogP contribution >= 0.6 is 22.6 Å². The Morgan fingerprint density at radius 2 is 2.21 bits per heavy atom. The zero-order valence-corrected chi connectivity index (χ0v) is 9.95. The number of Topliss-reactive ketones (excluding diaryl/α,β-unsaturated/α-hetero) is 1. The Balaban J connectivity index is 2.17. The fraction of sp³-hybridized carbons (Fsp3) is 0.364. The Hall–Kier alpha value is -0.580. The normalized spacial score (nSPS) is 15.5. The number of anilines is 1. The van der Waals surface area contributed by atoms with E-state index in [0.29, 0.717) is 23.6 Å². The molecule has 0 bridgehead atoms. The van der Waals surface area contributed by atoms with Crippen molar-refractivity contribution in [2.24, 2.45) is 5.92 Å². The third-order valence-electron chi connectivity index (χ3n) is 2.49. The van der Waals surface area contributed by atoms with Crippen LogP contribution in [0.25, 0.3) is 0 Å². The molecule has 2 rings (SSSR count). The Morgan fingerprint density at radius 3 is 2.79 bits per heavy atom. The van der Waals surface area contributed by atoms with Crippen molar-refractivity contribution in [3.05, 3.63) is 27.3 Å². The quantitative estimate of drug-likeness (QED) is 0.530. The van der Waals surface area contributed by atoms with Crippen LogP contribution in [0, 0.1) is 9.49 Å². The highest BCUT2D eigenvalue weighted by Gasteiger charge is 2.25. The third kappa shape index (κ3) is 2.26. The Kier molecular flexibility index (Phi) is 2.76. The maximum Gasteiger partial charge on any atom is 0.165 e. The highest BCUT2D eigenvalue weighted by Crippen LogP contribution is 2.34. The van der Waals surface area contributed by atoms with Gasteiger partial charge in [-0.2, -0.15) is 0 Å². The molecule has 1 aliphatic carbocycles. The second-order valence-corrected chi connectivity index (χ2v) is 5.05. The van der Waals surface area contributed by atoms with Crippen LogP contribution in [0.15, 0.2) is 18.2 Å². The van der Waals surface area contributed by atoms with E-state index in [0.717, 1.165) is 3.57 Å². The maximum absolute atomic E-state index is 11.7. The van der Waals surface area contributed by atoms with E-state index in [9.17, 15) is 4.79 Å². The van der Waals surface area contributed by atoms with Crippen molar-refractivity contribution in [2.75, 3.05) is 5.73 Å². The summed E-state index contributed by atoms with van der Waals surface area (Å²) in [5.74, 6) is 0.822. The number of carbonyl (C=O) groups is 1. The van der Waals surface area contributed by atoms with Crippen LogP contribution in [-0.2, 0) is 0 Å².